The van der Waals surface area contributed by atoms with Gasteiger partial charge in [-0.15, -0.1) is 17.5 Å². The first-order chi connectivity index (χ1) is 14.1. The Kier molecular flexibility index (Phi) is 7.36. The summed E-state index contributed by atoms with van der Waals surface area (Å²) in [7, 11) is 0. The van der Waals surface area contributed by atoms with E-state index in [0.717, 1.165) is 56.2 Å². The van der Waals surface area contributed by atoms with Gasteiger partial charge in [0.1, 0.15) is 5.75 Å². The van der Waals surface area contributed by atoms with Crippen LogP contribution in [0.3, 0.4) is 0 Å². The highest BCUT2D eigenvalue weighted by atomic mass is 35.5. The lowest BCUT2D eigenvalue weighted by Gasteiger charge is -2.20. The highest BCUT2D eigenvalue weighted by Gasteiger charge is 2.33. The lowest BCUT2D eigenvalue weighted by atomic mass is 9.92. The van der Waals surface area contributed by atoms with Gasteiger partial charge in [0.25, 0.3) is 5.91 Å². The number of amides is 1. The Hall–Kier alpha value is -2.12. The van der Waals surface area contributed by atoms with Crippen molar-refractivity contribution in [2.45, 2.75) is 46.1 Å². The number of fused-ring (bicyclic) bond motifs is 1. The number of nitrogens with zero attached hydrogens (tertiary/aromatic N) is 4. The van der Waals surface area contributed by atoms with Crippen molar-refractivity contribution < 1.29 is 9.53 Å². The number of halogens is 1. The molecule has 2 saturated heterocycles. The van der Waals surface area contributed by atoms with Crippen LogP contribution in [-0.2, 0) is 6.42 Å². The molecule has 0 spiro atoms. The second-order valence-corrected chi connectivity index (χ2v) is 8.36. The fraction of sp³-hybridized carbons (Fsp3) is 0.591. The van der Waals surface area contributed by atoms with Crippen LogP contribution in [0, 0.1) is 11.8 Å². The minimum absolute atomic E-state index is 0. The first kappa shape index (κ1) is 22.6. The van der Waals surface area contributed by atoms with E-state index in [1.165, 1.54) is 0 Å². The summed E-state index contributed by atoms with van der Waals surface area (Å²) in [5, 5.41) is 12.1. The fourth-order valence-electron chi connectivity index (χ4n) is 4.50. The van der Waals surface area contributed by atoms with Crippen molar-refractivity contribution in [3.8, 4) is 11.4 Å². The molecule has 0 bridgehead atoms. The summed E-state index contributed by atoms with van der Waals surface area (Å²) >= 11 is 0. The maximum Gasteiger partial charge on any atom is 0.276 e. The van der Waals surface area contributed by atoms with Crippen molar-refractivity contribution in [1.29, 1.82) is 0 Å². The van der Waals surface area contributed by atoms with Gasteiger partial charge in [-0.3, -0.25) is 4.79 Å². The van der Waals surface area contributed by atoms with Crippen LogP contribution in [0.1, 0.15) is 49.8 Å². The number of rotatable bonds is 5. The van der Waals surface area contributed by atoms with E-state index in [1.54, 1.807) is 4.68 Å². The predicted octanol–water partition coefficient (Wildman–Crippen LogP) is 3.11. The third-order valence-corrected chi connectivity index (χ3v) is 6.06. The van der Waals surface area contributed by atoms with E-state index in [0.29, 0.717) is 24.0 Å². The highest BCUT2D eigenvalue weighted by molar-refractivity contribution is 5.93. The van der Waals surface area contributed by atoms with Crippen LogP contribution >= 0.6 is 12.4 Å². The number of likely N-dealkylation sites (tertiary alicyclic amines) is 1. The molecule has 0 saturated carbocycles. The fourth-order valence-corrected chi connectivity index (χ4v) is 4.50. The first-order valence-corrected chi connectivity index (χ1v) is 10.8. The Labute approximate surface area is 184 Å². The average Bonchev–Trinajstić information content (AvgIpc) is 3.30. The lowest BCUT2D eigenvalue weighted by molar-refractivity contribution is 0.0751. The molecule has 8 heteroatoms. The summed E-state index contributed by atoms with van der Waals surface area (Å²) in [5.41, 5.74) is 2.24. The second kappa shape index (κ2) is 9.79. The molecule has 2 atom stereocenters. The van der Waals surface area contributed by atoms with Gasteiger partial charge in [-0.25, -0.2) is 4.68 Å². The van der Waals surface area contributed by atoms with Gasteiger partial charge in [0, 0.05) is 13.1 Å². The zero-order valence-electron chi connectivity index (χ0n) is 18.0. The molecule has 1 amide bonds. The van der Waals surface area contributed by atoms with E-state index >= 15 is 0 Å². The van der Waals surface area contributed by atoms with Gasteiger partial charge in [0.2, 0.25) is 0 Å². The molecule has 2 aliphatic heterocycles. The molecule has 4 rings (SSSR count). The Balaban J connectivity index is 0.00000256. The number of hydrogen-bond acceptors (Lipinski definition) is 5. The molecule has 0 aliphatic carbocycles. The molecule has 1 aromatic heterocycles. The predicted molar refractivity (Wildman–Crippen MR) is 119 cm³/mol. The Morgan fingerprint density at radius 3 is 2.37 bits per heavy atom. The van der Waals surface area contributed by atoms with Gasteiger partial charge in [-0.05, 0) is 82.3 Å². The number of aromatic nitrogens is 3. The van der Waals surface area contributed by atoms with Gasteiger partial charge in [-0.2, -0.15) is 0 Å². The molecule has 30 heavy (non-hydrogen) atoms. The molecule has 2 aliphatic rings. The van der Waals surface area contributed by atoms with Crippen molar-refractivity contribution in [3.05, 3.63) is 35.7 Å². The van der Waals surface area contributed by atoms with E-state index in [2.05, 4.69) is 15.6 Å². The summed E-state index contributed by atoms with van der Waals surface area (Å²) in [4.78, 5) is 15.2. The summed E-state index contributed by atoms with van der Waals surface area (Å²) < 4.78 is 7.50. The zero-order valence-corrected chi connectivity index (χ0v) is 18.8. The van der Waals surface area contributed by atoms with Crippen LogP contribution in [0.25, 0.3) is 5.69 Å². The summed E-state index contributed by atoms with van der Waals surface area (Å²) in [6.45, 7) is 9.83. The Bertz CT molecular complexity index is 838. The minimum atomic E-state index is 0. The molecule has 0 unspecified atom stereocenters. The van der Waals surface area contributed by atoms with Gasteiger partial charge in [0.15, 0.2) is 5.69 Å². The molecule has 0 radical (unpaired) electrons. The molecule has 1 N–H and O–H groups in total. The molecule has 7 nitrogen and oxygen atoms in total. The van der Waals surface area contributed by atoms with Gasteiger partial charge in [0.05, 0.1) is 17.5 Å². The quantitative estimate of drug-likeness (QED) is 0.784. The van der Waals surface area contributed by atoms with Crippen LogP contribution in [0.5, 0.6) is 5.75 Å². The monoisotopic (exact) mass is 433 g/mol. The maximum absolute atomic E-state index is 13.2. The largest absolute Gasteiger partial charge is 0.491 e. The standard InChI is InChI=1S/C22H31N5O2.ClH/c1-4-20-21(22(28)26-11-9-16-13-23-14-17(16)10-12-26)24-25-27(20)18-5-7-19(8-6-18)29-15(2)3;/h5-8,15-17,23H,4,9-14H2,1-3H3;1H/t16-,17+;. The van der Waals surface area contributed by atoms with Crippen molar-refractivity contribution in [2.75, 3.05) is 26.2 Å². The normalized spacial score (nSPS) is 21.1. The number of carbonyl (C=O) groups is 1. The van der Waals surface area contributed by atoms with E-state index < -0.39 is 0 Å². The zero-order chi connectivity index (χ0) is 20.4. The first-order valence-electron chi connectivity index (χ1n) is 10.8. The molecule has 3 heterocycles. The third-order valence-electron chi connectivity index (χ3n) is 6.06. The van der Waals surface area contributed by atoms with E-state index in [4.69, 9.17) is 4.74 Å². The van der Waals surface area contributed by atoms with Gasteiger partial charge in [-0.1, -0.05) is 12.1 Å². The van der Waals surface area contributed by atoms with Crippen molar-refractivity contribution in [1.82, 2.24) is 25.2 Å². The van der Waals surface area contributed by atoms with E-state index in [1.807, 2.05) is 49.9 Å². The molecule has 1 aromatic carbocycles. The average molecular weight is 434 g/mol. The highest BCUT2D eigenvalue weighted by Crippen LogP contribution is 2.28. The van der Waals surface area contributed by atoms with Crippen LogP contribution in [0.2, 0.25) is 0 Å². The lowest BCUT2D eigenvalue weighted by Crippen LogP contribution is -2.33. The number of carbonyl (C=O) groups excluding carboxylic acids is 1. The molecular weight excluding hydrogens is 402 g/mol. The summed E-state index contributed by atoms with van der Waals surface area (Å²) in [6.07, 6.45) is 2.96. The van der Waals surface area contributed by atoms with Crippen LogP contribution < -0.4 is 10.1 Å². The number of ether oxygens (including phenoxy) is 1. The maximum atomic E-state index is 13.2. The topological polar surface area (TPSA) is 72.3 Å². The molecule has 2 aromatic rings. The third kappa shape index (κ3) is 4.62. The van der Waals surface area contributed by atoms with Crippen molar-refractivity contribution in [3.63, 3.8) is 0 Å². The van der Waals surface area contributed by atoms with Crippen LogP contribution in [0.4, 0.5) is 0 Å². The van der Waals surface area contributed by atoms with Gasteiger partial charge >= 0.3 is 0 Å². The van der Waals surface area contributed by atoms with Crippen molar-refractivity contribution >= 4 is 18.3 Å². The summed E-state index contributed by atoms with van der Waals surface area (Å²) in [6, 6.07) is 7.78. The SMILES string of the molecule is CCc1c(C(=O)N2CC[C@@H]3CNC[C@@H]3CC2)nnn1-c1ccc(OC(C)C)cc1.Cl. The summed E-state index contributed by atoms with van der Waals surface area (Å²) in [5.74, 6) is 2.23. The molecule has 2 fully saturated rings. The second-order valence-electron chi connectivity index (χ2n) is 8.36. The number of nitrogens with one attached hydrogen (secondary N) is 1. The molecular formula is C22H32ClN5O2. The number of hydrogen-bond donors (Lipinski definition) is 1. The van der Waals surface area contributed by atoms with Crippen LogP contribution in [0.15, 0.2) is 24.3 Å². The smallest absolute Gasteiger partial charge is 0.276 e. The Morgan fingerprint density at radius 1 is 1.17 bits per heavy atom. The van der Waals surface area contributed by atoms with E-state index in [-0.39, 0.29) is 24.4 Å². The van der Waals surface area contributed by atoms with E-state index in [9.17, 15) is 4.79 Å². The molecule has 164 valence electrons. The Morgan fingerprint density at radius 2 is 1.80 bits per heavy atom. The minimum Gasteiger partial charge on any atom is -0.491 e. The van der Waals surface area contributed by atoms with Gasteiger partial charge < -0.3 is 15.0 Å². The van der Waals surface area contributed by atoms with Crippen molar-refractivity contribution in [2.24, 2.45) is 11.8 Å². The number of benzene rings is 1. The van der Waals surface area contributed by atoms with Crippen LogP contribution in [-0.4, -0.2) is 58.1 Å².